The molecule has 0 unspecified atom stereocenters. The second-order valence-corrected chi connectivity index (χ2v) is 8.61. The van der Waals surface area contributed by atoms with Crippen molar-refractivity contribution in [2.24, 2.45) is 0 Å². The summed E-state index contributed by atoms with van der Waals surface area (Å²) in [6, 6.07) is 16.6. The first-order chi connectivity index (χ1) is 15.7. The van der Waals surface area contributed by atoms with E-state index in [0.717, 1.165) is 16.7 Å². The SMILES string of the molecule is COc1ccc(C)cc1NC1=C(c2ccc(C)c(C)c2)C(=O)N(c2cccc(Cl)c2C)C1=O. The van der Waals surface area contributed by atoms with E-state index in [0.29, 0.717) is 38.8 Å². The Morgan fingerprint density at radius 3 is 2.33 bits per heavy atom. The quantitative estimate of drug-likeness (QED) is 0.476. The van der Waals surface area contributed by atoms with Crippen LogP contribution in [0.5, 0.6) is 5.75 Å². The molecule has 0 saturated carbocycles. The lowest BCUT2D eigenvalue weighted by molar-refractivity contribution is -0.120. The lowest BCUT2D eigenvalue weighted by Crippen LogP contribution is -2.33. The number of imide groups is 1. The van der Waals surface area contributed by atoms with Crippen molar-refractivity contribution in [3.05, 3.63) is 93.1 Å². The first kappa shape index (κ1) is 22.6. The van der Waals surface area contributed by atoms with Gasteiger partial charge in [0, 0.05) is 5.02 Å². The Kier molecular flexibility index (Phi) is 6.00. The normalized spacial score (nSPS) is 13.7. The van der Waals surface area contributed by atoms with Crippen molar-refractivity contribution >= 4 is 40.4 Å². The van der Waals surface area contributed by atoms with Crippen molar-refractivity contribution in [2.45, 2.75) is 27.7 Å². The average Bonchev–Trinajstić information content (AvgIpc) is 3.02. The first-order valence-corrected chi connectivity index (χ1v) is 11.0. The van der Waals surface area contributed by atoms with E-state index in [1.54, 1.807) is 32.2 Å². The third kappa shape index (κ3) is 4.00. The third-order valence-electron chi connectivity index (χ3n) is 5.97. The molecule has 3 aromatic rings. The zero-order valence-electron chi connectivity index (χ0n) is 19.2. The lowest BCUT2D eigenvalue weighted by atomic mass is 9.99. The van der Waals surface area contributed by atoms with E-state index in [2.05, 4.69) is 5.32 Å². The number of nitrogens with zero attached hydrogens (tertiary/aromatic N) is 1. The molecule has 0 fully saturated rings. The van der Waals surface area contributed by atoms with Crippen LogP contribution in [-0.4, -0.2) is 18.9 Å². The predicted octanol–water partition coefficient (Wildman–Crippen LogP) is 5.98. The summed E-state index contributed by atoms with van der Waals surface area (Å²) >= 11 is 6.31. The summed E-state index contributed by atoms with van der Waals surface area (Å²) in [4.78, 5) is 28.6. The van der Waals surface area contributed by atoms with Gasteiger partial charge in [0.25, 0.3) is 11.8 Å². The van der Waals surface area contributed by atoms with Gasteiger partial charge < -0.3 is 10.1 Å². The van der Waals surface area contributed by atoms with E-state index in [1.165, 1.54) is 4.90 Å². The molecule has 4 rings (SSSR count). The lowest BCUT2D eigenvalue weighted by Gasteiger charge is -2.19. The standard InChI is InChI=1S/C27H25ClN2O3/c1-15-9-12-23(33-5)21(13-15)29-25-24(19-11-10-16(2)17(3)14-19)26(31)30(27(25)32)22-8-6-7-20(28)18(22)4/h6-14,29H,1-5H3. The molecule has 6 heteroatoms. The van der Waals surface area contributed by atoms with Gasteiger partial charge in [0.2, 0.25) is 0 Å². The van der Waals surface area contributed by atoms with Gasteiger partial charge in [0.05, 0.1) is 24.1 Å². The number of carbonyl (C=O) groups is 2. The van der Waals surface area contributed by atoms with Crippen molar-refractivity contribution in [2.75, 3.05) is 17.3 Å². The van der Waals surface area contributed by atoms with E-state index in [-0.39, 0.29) is 5.70 Å². The first-order valence-electron chi connectivity index (χ1n) is 10.6. The number of rotatable bonds is 5. The van der Waals surface area contributed by atoms with Crippen molar-refractivity contribution in [1.29, 1.82) is 0 Å². The van der Waals surface area contributed by atoms with Gasteiger partial charge in [-0.25, -0.2) is 4.90 Å². The zero-order valence-corrected chi connectivity index (χ0v) is 20.0. The molecular weight excluding hydrogens is 436 g/mol. The largest absolute Gasteiger partial charge is 0.495 e. The van der Waals surface area contributed by atoms with Crippen LogP contribution in [0.2, 0.25) is 5.02 Å². The van der Waals surface area contributed by atoms with Crippen LogP contribution in [0.1, 0.15) is 27.8 Å². The molecule has 1 heterocycles. The number of halogens is 1. The third-order valence-corrected chi connectivity index (χ3v) is 6.38. The molecule has 0 spiro atoms. The number of methoxy groups -OCH3 is 1. The topological polar surface area (TPSA) is 58.6 Å². The molecule has 0 aliphatic carbocycles. The highest BCUT2D eigenvalue weighted by Crippen LogP contribution is 2.38. The number of benzene rings is 3. The van der Waals surface area contributed by atoms with Gasteiger partial charge in [-0.1, -0.05) is 41.9 Å². The van der Waals surface area contributed by atoms with Gasteiger partial charge in [0.15, 0.2) is 0 Å². The maximum absolute atomic E-state index is 13.7. The average molecular weight is 461 g/mol. The Morgan fingerprint density at radius 2 is 1.64 bits per heavy atom. The molecule has 168 valence electrons. The fourth-order valence-electron chi connectivity index (χ4n) is 3.92. The molecule has 1 aliphatic rings. The van der Waals surface area contributed by atoms with Gasteiger partial charge in [-0.05, 0) is 79.8 Å². The molecule has 0 saturated heterocycles. The number of aryl methyl sites for hydroxylation is 3. The summed E-state index contributed by atoms with van der Waals surface area (Å²) in [5, 5.41) is 3.70. The predicted molar refractivity (Wildman–Crippen MR) is 133 cm³/mol. The Morgan fingerprint density at radius 1 is 0.879 bits per heavy atom. The number of hydrogen-bond donors (Lipinski definition) is 1. The van der Waals surface area contributed by atoms with Crippen LogP contribution in [0.3, 0.4) is 0 Å². The maximum atomic E-state index is 13.7. The minimum Gasteiger partial charge on any atom is -0.495 e. The molecule has 1 N–H and O–H groups in total. The monoisotopic (exact) mass is 460 g/mol. The number of ether oxygens (including phenoxy) is 1. The zero-order chi connectivity index (χ0) is 23.9. The van der Waals surface area contributed by atoms with Crippen LogP contribution < -0.4 is 15.0 Å². The second kappa shape index (κ2) is 8.75. The molecule has 1 aliphatic heterocycles. The van der Waals surface area contributed by atoms with Gasteiger partial charge in [-0.15, -0.1) is 0 Å². The Labute approximate surface area is 198 Å². The van der Waals surface area contributed by atoms with Gasteiger partial charge in [-0.2, -0.15) is 0 Å². The van der Waals surface area contributed by atoms with Crippen LogP contribution in [0, 0.1) is 27.7 Å². The molecule has 0 radical (unpaired) electrons. The number of hydrogen-bond acceptors (Lipinski definition) is 4. The summed E-state index contributed by atoms with van der Waals surface area (Å²) in [6.07, 6.45) is 0. The highest BCUT2D eigenvalue weighted by atomic mass is 35.5. The summed E-state index contributed by atoms with van der Waals surface area (Å²) in [6.45, 7) is 7.74. The molecular formula is C27H25ClN2O3. The van der Waals surface area contributed by atoms with Gasteiger partial charge in [-0.3, -0.25) is 9.59 Å². The maximum Gasteiger partial charge on any atom is 0.282 e. The van der Waals surface area contributed by atoms with E-state index < -0.39 is 11.8 Å². The molecule has 0 aromatic heterocycles. The van der Waals surface area contributed by atoms with Crippen LogP contribution in [0.15, 0.2) is 60.3 Å². The molecule has 33 heavy (non-hydrogen) atoms. The van der Waals surface area contributed by atoms with E-state index in [9.17, 15) is 9.59 Å². The summed E-state index contributed by atoms with van der Waals surface area (Å²) < 4.78 is 5.48. The fraction of sp³-hybridized carbons (Fsp3) is 0.185. The minimum absolute atomic E-state index is 0.200. The van der Waals surface area contributed by atoms with Crippen molar-refractivity contribution in [1.82, 2.24) is 0 Å². The fourth-order valence-corrected chi connectivity index (χ4v) is 4.09. The highest BCUT2D eigenvalue weighted by molar-refractivity contribution is 6.46. The van der Waals surface area contributed by atoms with E-state index >= 15 is 0 Å². The van der Waals surface area contributed by atoms with Gasteiger partial charge >= 0.3 is 0 Å². The van der Waals surface area contributed by atoms with Gasteiger partial charge in [0.1, 0.15) is 11.4 Å². The minimum atomic E-state index is -0.442. The molecule has 0 bridgehead atoms. The van der Waals surface area contributed by atoms with E-state index in [4.69, 9.17) is 16.3 Å². The highest BCUT2D eigenvalue weighted by Gasteiger charge is 2.41. The van der Waals surface area contributed by atoms with Crippen molar-refractivity contribution in [3.8, 4) is 5.75 Å². The number of carbonyl (C=O) groups excluding carboxylic acids is 2. The molecule has 5 nitrogen and oxygen atoms in total. The summed E-state index contributed by atoms with van der Waals surface area (Å²) in [5.41, 5.74) is 6.05. The van der Waals surface area contributed by atoms with Crippen LogP contribution >= 0.6 is 11.6 Å². The summed E-state index contributed by atoms with van der Waals surface area (Å²) in [5.74, 6) is -0.268. The summed E-state index contributed by atoms with van der Waals surface area (Å²) in [7, 11) is 1.57. The molecule has 3 aromatic carbocycles. The van der Waals surface area contributed by atoms with Crippen LogP contribution in [0.25, 0.3) is 5.57 Å². The van der Waals surface area contributed by atoms with Crippen molar-refractivity contribution < 1.29 is 14.3 Å². The smallest absolute Gasteiger partial charge is 0.282 e. The number of amides is 2. The van der Waals surface area contributed by atoms with Crippen LogP contribution in [0.4, 0.5) is 11.4 Å². The number of anilines is 2. The number of nitrogens with one attached hydrogen (secondary N) is 1. The Bertz CT molecular complexity index is 1330. The Balaban J connectivity index is 1.91. The second-order valence-electron chi connectivity index (χ2n) is 8.21. The Hall–Kier alpha value is -3.57. The van der Waals surface area contributed by atoms with E-state index in [1.807, 2.05) is 57.2 Å². The van der Waals surface area contributed by atoms with Crippen LogP contribution in [-0.2, 0) is 9.59 Å². The van der Waals surface area contributed by atoms with Crippen molar-refractivity contribution in [3.63, 3.8) is 0 Å². The molecule has 0 atom stereocenters. The molecule has 2 amide bonds.